The highest BCUT2D eigenvalue weighted by Crippen LogP contribution is 2.43. The van der Waals surface area contributed by atoms with E-state index in [0.29, 0.717) is 18.1 Å². The first-order valence-corrected chi connectivity index (χ1v) is 11.3. The van der Waals surface area contributed by atoms with Gasteiger partial charge >= 0.3 is 0 Å². The molecule has 0 bridgehead atoms. The van der Waals surface area contributed by atoms with E-state index in [9.17, 15) is 4.79 Å². The summed E-state index contributed by atoms with van der Waals surface area (Å²) in [5.74, 6) is -0.00945. The van der Waals surface area contributed by atoms with Crippen LogP contribution in [0.2, 0.25) is 0 Å². The lowest BCUT2D eigenvalue weighted by atomic mass is 9.73. The number of nitrogens with zero attached hydrogens (tertiary/aromatic N) is 6. The Labute approximate surface area is 205 Å². The Morgan fingerprint density at radius 3 is 2.41 bits per heavy atom. The zero-order valence-electron chi connectivity index (χ0n) is 20.0. The van der Waals surface area contributed by atoms with E-state index in [1.54, 1.807) is 4.68 Å². The second-order valence-corrected chi connectivity index (χ2v) is 9.65. The van der Waals surface area contributed by atoms with Crippen molar-refractivity contribution in [2.75, 3.05) is 43.4 Å². The summed E-state index contributed by atoms with van der Waals surface area (Å²) in [6.45, 7) is 8.41. The highest BCUT2D eigenvalue weighted by Gasteiger charge is 2.39. The number of nitrogens with two attached hydrogens (primary N) is 1. The highest BCUT2D eigenvalue weighted by molar-refractivity contribution is 5.95. The molecule has 0 atom stereocenters. The van der Waals surface area contributed by atoms with Crippen molar-refractivity contribution < 1.29 is 4.79 Å². The summed E-state index contributed by atoms with van der Waals surface area (Å²) in [5, 5.41) is 7.73. The summed E-state index contributed by atoms with van der Waals surface area (Å²) in [4.78, 5) is 26.2. The molecule has 0 saturated carbocycles. The van der Waals surface area contributed by atoms with Crippen LogP contribution in [-0.2, 0) is 18.9 Å². The minimum atomic E-state index is -0.517. The fraction of sp³-hybridized carbons (Fsp3) is 0.417. The molecule has 9 nitrogen and oxygen atoms in total. The molecular weight excluding hydrogens is 452 g/mol. The number of primary amides is 1. The number of halogens is 1. The zero-order valence-corrected chi connectivity index (χ0v) is 20.8. The standard InChI is InChI=1S/C24H30N8O.ClH/c1-24(2)13-15-14-26-23(28-19(15)21-18(24)20(22(25)33)29-31(21)4)27-16-5-7-17(8-6-16)32-11-9-30(3)10-12-32;/h5-8,14H,9-13H2,1-4H3,(H2,25,33)(H,26,27,28);1H. The van der Waals surface area contributed by atoms with Gasteiger partial charge < -0.3 is 20.9 Å². The molecule has 1 saturated heterocycles. The number of rotatable bonds is 4. The number of fused-ring (bicyclic) bond motifs is 3. The van der Waals surface area contributed by atoms with E-state index < -0.39 is 5.91 Å². The number of anilines is 3. The average molecular weight is 483 g/mol. The predicted octanol–water partition coefficient (Wildman–Crippen LogP) is 2.73. The number of nitrogens with one attached hydrogen (secondary N) is 1. The summed E-state index contributed by atoms with van der Waals surface area (Å²) in [6, 6.07) is 8.38. The van der Waals surface area contributed by atoms with Gasteiger partial charge in [-0.3, -0.25) is 9.48 Å². The van der Waals surface area contributed by atoms with Gasteiger partial charge in [-0.2, -0.15) is 5.10 Å². The molecule has 1 fully saturated rings. The van der Waals surface area contributed by atoms with Crippen LogP contribution < -0.4 is 16.0 Å². The maximum absolute atomic E-state index is 12.0. The number of aromatic nitrogens is 4. The van der Waals surface area contributed by atoms with Crippen LogP contribution in [-0.4, -0.2) is 63.8 Å². The van der Waals surface area contributed by atoms with Gasteiger partial charge in [0.2, 0.25) is 5.95 Å². The molecule has 1 aliphatic heterocycles. The number of likely N-dealkylation sites (N-methyl/N-ethyl adjacent to an activating group) is 1. The minimum Gasteiger partial charge on any atom is -0.369 e. The Bertz CT molecular complexity index is 1210. The molecule has 2 aromatic heterocycles. The van der Waals surface area contributed by atoms with Gasteiger partial charge in [0.25, 0.3) is 5.91 Å². The van der Waals surface area contributed by atoms with Crippen molar-refractivity contribution in [2.45, 2.75) is 25.7 Å². The van der Waals surface area contributed by atoms with Gasteiger partial charge in [-0.05, 0) is 48.7 Å². The maximum atomic E-state index is 12.0. The van der Waals surface area contributed by atoms with E-state index in [-0.39, 0.29) is 17.8 Å². The van der Waals surface area contributed by atoms with Crippen LogP contribution in [0.4, 0.5) is 17.3 Å². The molecule has 1 amide bonds. The molecule has 3 N–H and O–H groups in total. The van der Waals surface area contributed by atoms with Crippen LogP contribution in [0.5, 0.6) is 0 Å². The van der Waals surface area contributed by atoms with Crippen molar-refractivity contribution in [1.82, 2.24) is 24.6 Å². The maximum Gasteiger partial charge on any atom is 0.269 e. The van der Waals surface area contributed by atoms with Gasteiger partial charge in [0.15, 0.2) is 5.69 Å². The number of piperazine rings is 1. The van der Waals surface area contributed by atoms with E-state index >= 15 is 0 Å². The molecule has 5 rings (SSSR count). The number of hydrogen-bond donors (Lipinski definition) is 2. The molecule has 0 unspecified atom stereocenters. The largest absolute Gasteiger partial charge is 0.369 e. The molecular formula is C24H31ClN8O. The van der Waals surface area contributed by atoms with Crippen molar-refractivity contribution in [3.05, 3.63) is 47.3 Å². The monoisotopic (exact) mass is 482 g/mol. The number of benzene rings is 1. The second kappa shape index (κ2) is 8.88. The number of aryl methyl sites for hydroxylation is 1. The van der Waals surface area contributed by atoms with Crippen LogP contribution in [0.25, 0.3) is 11.4 Å². The zero-order chi connectivity index (χ0) is 23.3. The first-order valence-electron chi connectivity index (χ1n) is 11.3. The topological polar surface area (TPSA) is 105 Å². The van der Waals surface area contributed by atoms with Gasteiger partial charge in [-0.15, -0.1) is 12.4 Å². The van der Waals surface area contributed by atoms with Crippen LogP contribution in [0.1, 0.15) is 35.5 Å². The SMILES string of the molecule is CN1CCN(c2ccc(Nc3ncc4c(n3)-c3c(c(C(N)=O)nn3C)C(C)(C)C4)cc2)CC1.Cl. The molecule has 180 valence electrons. The molecule has 3 aromatic rings. The summed E-state index contributed by atoms with van der Waals surface area (Å²) in [7, 11) is 3.98. The smallest absolute Gasteiger partial charge is 0.269 e. The highest BCUT2D eigenvalue weighted by atomic mass is 35.5. The lowest BCUT2D eigenvalue weighted by Gasteiger charge is -2.34. The summed E-state index contributed by atoms with van der Waals surface area (Å²) < 4.78 is 1.71. The summed E-state index contributed by atoms with van der Waals surface area (Å²) in [5.41, 5.74) is 11.3. The quantitative estimate of drug-likeness (QED) is 0.589. The fourth-order valence-corrected chi connectivity index (χ4v) is 4.92. The van der Waals surface area contributed by atoms with Crippen LogP contribution in [0, 0.1) is 0 Å². The van der Waals surface area contributed by atoms with E-state index in [4.69, 9.17) is 10.7 Å². The number of carbonyl (C=O) groups is 1. The number of carbonyl (C=O) groups excluding carboxylic acids is 1. The van der Waals surface area contributed by atoms with Crippen molar-refractivity contribution in [3.63, 3.8) is 0 Å². The lowest BCUT2D eigenvalue weighted by Crippen LogP contribution is -2.44. The Kier molecular flexibility index (Phi) is 6.26. The first kappa shape index (κ1) is 24.0. The van der Waals surface area contributed by atoms with Crippen molar-refractivity contribution in [3.8, 4) is 11.4 Å². The first-order chi connectivity index (χ1) is 15.7. The average Bonchev–Trinajstić information content (AvgIpc) is 3.14. The lowest BCUT2D eigenvalue weighted by molar-refractivity contribution is 0.0992. The molecule has 3 heterocycles. The van der Waals surface area contributed by atoms with Crippen molar-refractivity contribution >= 4 is 35.6 Å². The Morgan fingerprint density at radius 1 is 1.09 bits per heavy atom. The summed E-state index contributed by atoms with van der Waals surface area (Å²) in [6.07, 6.45) is 2.58. The second-order valence-electron chi connectivity index (χ2n) is 9.65. The predicted molar refractivity (Wildman–Crippen MR) is 136 cm³/mol. The molecule has 34 heavy (non-hydrogen) atoms. The molecule has 0 radical (unpaired) electrons. The third-order valence-corrected chi connectivity index (χ3v) is 6.67. The Hall–Kier alpha value is -3.17. The third-order valence-electron chi connectivity index (χ3n) is 6.67. The number of amides is 1. The molecule has 1 aromatic carbocycles. The van der Waals surface area contributed by atoms with E-state index in [0.717, 1.165) is 54.4 Å². The van der Waals surface area contributed by atoms with Crippen LogP contribution in [0.15, 0.2) is 30.5 Å². The Morgan fingerprint density at radius 2 is 1.76 bits per heavy atom. The molecule has 1 aliphatic carbocycles. The Balaban J connectivity index is 0.00000274. The van der Waals surface area contributed by atoms with Gasteiger partial charge in [0.1, 0.15) is 0 Å². The summed E-state index contributed by atoms with van der Waals surface area (Å²) >= 11 is 0. The van der Waals surface area contributed by atoms with Gasteiger partial charge in [0, 0.05) is 56.4 Å². The normalized spacial score (nSPS) is 16.9. The minimum absolute atomic E-state index is 0. The van der Waals surface area contributed by atoms with E-state index in [1.807, 2.05) is 13.2 Å². The van der Waals surface area contributed by atoms with Gasteiger partial charge in [-0.25, -0.2) is 9.97 Å². The van der Waals surface area contributed by atoms with E-state index in [2.05, 4.69) is 70.4 Å². The number of hydrogen-bond acceptors (Lipinski definition) is 7. The molecule has 2 aliphatic rings. The molecule has 0 spiro atoms. The van der Waals surface area contributed by atoms with Crippen LogP contribution >= 0.6 is 12.4 Å². The van der Waals surface area contributed by atoms with Crippen molar-refractivity contribution in [1.29, 1.82) is 0 Å². The van der Waals surface area contributed by atoms with Gasteiger partial charge in [-0.1, -0.05) is 13.8 Å². The third kappa shape index (κ3) is 4.21. The van der Waals surface area contributed by atoms with Gasteiger partial charge in [0.05, 0.1) is 11.4 Å². The fourth-order valence-electron chi connectivity index (χ4n) is 4.92. The van der Waals surface area contributed by atoms with E-state index in [1.165, 1.54) is 5.69 Å². The van der Waals surface area contributed by atoms with Crippen molar-refractivity contribution in [2.24, 2.45) is 12.8 Å². The van der Waals surface area contributed by atoms with Crippen LogP contribution in [0.3, 0.4) is 0 Å². The molecule has 10 heteroatoms.